The minimum atomic E-state index is -0.173. The van der Waals surface area contributed by atoms with E-state index in [2.05, 4.69) is 15.5 Å². The van der Waals surface area contributed by atoms with Crippen LogP contribution >= 0.6 is 0 Å². The van der Waals surface area contributed by atoms with E-state index < -0.39 is 0 Å². The summed E-state index contributed by atoms with van der Waals surface area (Å²) in [6.45, 7) is 3.94. The van der Waals surface area contributed by atoms with Crippen molar-refractivity contribution in [2.75, 3.05) is 14.2 Å². The van der Waals surface area contributed by atoms with Gasteiger partial charge in [0, 0.05) is 18.4 Å². The maximum absolute atomic E-state index is 12.3. The van der Waals surface area contributed by atoms with Crippen molar-refractivity contribution in [3.05, 3.63) is 59.5 Å². The van der Waals surface area contributed by atoms with Gasteiger partial charge >= 0.3 is 0 Å². The van der Waals surface area contributed by atoms with Crippen LogP contribution in [0.1, 0.15) is 36.4 Å². The van der Waals surface area contributed by atoms with Crippen molar-refractivity contribution < 1.29 is 18.7 Å². The lowest BCUT2D eigenvalue weighted by atomic mass is 10.1. The van der Waals surface area contributed by atoms with Crippen LogP contribution in [0.25, 0.3) is 11.5 Å². The van der Waals surface area contributed by atoms with E-state index in [9.17, 15) is 4.79 Å². The third-order valence-electron chi connectivity index (χ3n) is 4.62. The molecule has 0 radical (unpaired) electrons. The van der Waals surface area contributed by atoms with Gasteiger partial charge in [-0.05, 0) is 43.7 Å². The Morgan fingerprint density at radius 1 is 1.07 bits per heavy atom. The highest BCUT2D eigenvalue weighted by atomic mass is 16.5. The van der Waals surface area contributed by atoms with Crippen LogP contribution in [0.15, 0.2) is 46.9 Å². The van der Waals surface area contributed by atoms with Crippen LogP contribution in [0.5, 0.6) is 11.5 Å². The Morgan fingerprint density at radius 2 is 1.79 bits per heavy atom. The molecule has 3 aromatic rings. The van der Waals surface area contributed by atoms with E-state index in [-0.39, 0.29) is 18.4 Å². The summed E-state index contributed by atoms with van der Waals surface area (Å²) < 4.78 is 16.2. The van der Waals surface area contributed by atoms with Gasteiger partial charge in [-0.3, -0.25) is 4.79 Å². The van der Waals surface area contributed by atoms with Crippen LogP contribution in [0.4, 0.5) is 0 Å². The van der Waals surface area contributed by atoms with Crippen LogP contribution in [-0.2, 0) is 11.2 Å². The molecule has 2 aromatic carbocycles. The number of nitrogens with one attached hydrogen (secondary N) is 1. The summed E-state index contributed by atoms with van der Waals surface area (Å²) in [7, 11) is 3.17. The number of nitrogens with zero attached hydrogens (tertiary/aromatic N) is 2. The first-order valence-corrected chi connectivity index (χ1v) is 9.41. The predicted molar refractivity (Wildman–Crippen MR) is 109 cm³/mol. The highest BCUT2D eigenvalue weighted by Crippen LogP contribution is 2.29. The number of aromatic nitrogens is 2. The number of methoxy groups -OCH3 is 2. The molecule has 7 nitrogen and oxygen atoms in total. The monoisotopic (exact) mass is 395 g/mol. The lowest BCUT2D eigenvalue weighted by Crippen LogP contribution is -2.26. The Bertz CT molecular complexity index is 966. The molecule has 1 heterocycles. The van der Waals surface area contributed by atoms with Crippen molar-refractivity contribution in [1.82, 2.24) is 15.5 Å². The van der Waals surface area contributed by atoms with Crippen molar-refractivity contribution >= 4 is 5.91 Å². The molecule has 0 saturated carbocycles. The Kier molecular flexibility index (Phi) is 6.49. The Hall–Kier alpha value is -3.35. The van der Waals surface area contributed by atoms with Gasteiger partial charge in [0.2, 0.25) is 17.7 Å². The van der Waals surface area contributed by atoms with E-state index in [0.29, 0.717) is 29.7 Å². The number of carbonyl (C=O) groups is 1. The molecule has 1 aromatic heterocycles. The zero-order valence-corrected chi connectivity index (χ0v) is 17.1. The summed E-state index contributed by atoms with van der Waals surface area (Å²) in [5, 5.41) is 11.1. The Morgan fingerprint density at radius 3 is 2.48 bits per heavy atom. The van der Waals surface area contributed by atoms with Crippen LogP contribution in [0.2, 0.25) is 0 Å². The van der Waals surface area contributed by atoms with E-state index in [1.807, 2.05) is 56.3 Å². The molecule has 1 unspecified atom stereocenters. The van der Waals surface area contributed by atoms with Gasteiger partial charge in [-0.15, -0.1) is 10.2 Å². The topological polar surface area (TPSA) is 86.5 Å². The molecule has 0 aliphatic rings. The van der Waals surface area contributed by atoms with Gasteiger partial charge in [-0.1, -0.05) is 23.8 Å². The second kappa shape index (κ2) is 9.23. The summed E-state index contributed by atoms with van der Waals surface area (Å²) in [6, 6.07) is 13.3. The van der Waals surface area contributed by atoms with Gasteiger partial charge in [0.25, 0.3) is 0 Å². The molecule has 1 atom stereocenters. The molecule has 7 heteroatoms. The lowest BCUT2D eigenvalue weighted by molar-refractivity contribution is -0.121. The van der Waals surface area contributed by atoms with Crippen LogP contribution in [-0.4, -0.2) is 30.3 Å². The lowest BCUT2D eigenvalue weighted by Gasteiger charge is -2.16. The third-order valence-corrected chi connectivity index (χ3v) is 4.62. The largest absolute Gasteiger partial charge is 0.493 e. The third kappa shape index (κ3) is 5.13. The average molecular weight is 395 g/mol. The SMILES string of the molecule is COc1ccc(C(C)NC(=O)CCc2nnc(-c3ccc(C)cc3)o2)cc1OC. The molecule has 0 spiro atoms. The molecule has 0 aliphatic carbocycles. The van der Waals surface area contributed by atoms with E-state index in [1.165, 1.54) is 0 Å². The first-order valence-electron chi connectivity index (χ1n) is 9.41. The van der Waals surface area contributed by atoms with Crippen molar-refractivity contribution in [1.29, 1.82) is 0 Å². The van der Waals surface area contributed by atoms with Crippen molar-refractivity contribution in [2.24, 2.45) is 0 Å². The molecule has 0 bridgehead atoms. The summed E-state index contributed by atoms with van der Waals surface area (Å²) in [6.07, 6.45) is 0.635. The van der Waals surface area contributed by atoms with Gasteiger partial charge in [0.05, 0.1) is 20.3 Å². The Balaban J connectivity index is 1.55. The van der Waals surface area contributed by atoms with Crippen LogP contribution in [0.3, 0.4) is 0 Å². The van der Waals surface area contributed by atoms with Gasteiger partial charge in [-0.2, -0.15) is 0 Å². The minimum Gasteiger partial charge on any atom is -0.493 e. The van der Waals surface area contributed by atoms with Crippen molar-refractivity contribution in [3.8, 4) is 23.0 Å². The minimum absolute atomic E-state index is 0.0950. The standard InChI is InChI=1S/C22H25N3O4/c1-14-5-7-16(8-6-14)22-25-24-21(29-22)12-11-20(26)23-15(2)17-9-10-18(27-3)19(13-17)28-4/h5-10,13,15H,11-12H2,1-4H3,(H,23,26). The molecule has 29 heavy (non-hydrogen) atoms. The Labute approximate surface area is 170 Å². The summed E-state index contributed by atoms with van der Waals surface area (Å²) in [4.78, 5) is 12.3. The van der Waals surface area contributed by atoms with Gasteiger partial charge in [0.15, 0.2) is 11.5 Å². The second-order valence-electron chi connectivity index (χ2n) is 6.77. The molecule has 0 saturated heterocycles. The molecule has 1 amide bonds. The van der Waals surface area contributed by atoms with Crippen LogP contribution in [0, 0.1) is 6.92 Å². The first kappa shape index (κ1) is 20.4. The molecule has 0 fully saturated rings. The number of carbonyl (C=O) groups excluding carboxylic acids is 1. The average Bonchev–Trinajstić information content (AvgIpc) is 3.21. The van der Waals surface area contributed by atoms with Gasteiger partial charge in [0.1, 0.15) is 0 Å². The number of aryl methyl sites for hydroxylation is 2. The van der Waals surface area contributed by atoms with E-state index in [0.717, 1.165) is 16.7 Å². The second-order valence-corrected chi connectivity index (χ2v) is 6.77. The van der Waals surface area contributed by atoms with Crippen molar-refractivity contribution in [2.45, 2.75) is 32.7 Å². The van der Waals surface area contributed by atoms with Gasteiger partial charge in [-0.25, -0.2) is 0 Å². The number of rotatable bonds is 8. The zero-order valence-electron chi connectivity index (χ0n) is 17.1. The predicted octanol–water partition coefficient (Wildman–Crippen LogP) is 3.87. The number of benzene rings is 2. The maximum atomic E-state index is 12.3. The number of amides is 1. The molecule has 1 N–H and O–H groups in total. The molecule has 152 valence electrons. The number of ether oxygens (including phenoxy) is 2. The normalized spacial score (nSPS) is 11.7. The molecular formula is C22H25N3O4. The summed E-state index contributed by atoms with van der Waals surface area (Å²) in [5.41, 5.74) is 2.95. The quantitative estimate of drug-likeness (QED) is 0.623. The fourth-order valence-corrected chi connectivity index (χ4v) is 2.91. The van der Waals surface area contributed by atoms with E-state index in [1.54, 1.807) is 14.2 Å². The highest BCUT2D eigenvalue weighted by molar-refractivity contribution is 5.76. The molecular weight excluding hydrogens is 370 g/mol. The molecule has 3 rings (SSSR count). The van der Waals surface area contributed by atoms with Crippen LogP contribution < -0.4 is 14.8 Å². The number of hydrogen-bond donors (Lipinski definition) is 1. The zero-order chi connectivity index (χ0) is 20.8. The summed E-state index contributed by atoms with van der Waals surface area (Å²) in [5.74, 6) is 2.08. The maximum Gasteiger partial charge on any atom is 0.247 e. The summed E-state index contributed by atoms with van der Waals surface area (Å²) >= 11 is 0. The fraction of sp³-hybridized carbons (Fsp3) is 0.318. The smallest absolute Gasteiger partial charge is 0.247 e. The molecule has 0 aliphatic heterocycles. The van der Waals surface area contributed by atoms with E-state index >= 15 is 0 Å². The first-order chi connectivity index (χ1) is 14.0. The fourth-order valence-electron chi connectivity index (χ4n) is 2.91. The highest BCUT2D eigenvalue weighted by Gasteiger charge is 2.14. The van der Waals surface area contributed by atoms with E-state index in [4.69, 9.17) is 13.9 Å². The van der Waals surface area contributed by atoms with Crippen molar-refractivity contribution in [3.63, 3.8) is 0 Å². The number of hydrogen-bond acceptors (Lipinski definition) is 6. The van der Waals surface area contributed by atoms with Gasteiger partial charge < -0.3 is 19.2 Å².